The first-order valence-corrected chi connectivity index (χ1v) is 7.27. The van der Waals surface area contributed by atoms with E-state index < -0.39 is 0 Å². The van der Waals surface area contributed by atoms with E-state index in [0.717, 1.165) is 25.9 Å². The van der Waals surface area contributed by atoms with Gasteiger partial charge in [-0.05, 0) is 67.4 Å². The van der Waals surface area contributed by atoms with Crippen LogP contribution in [0, 0.1) is 23.5 Å². The van der Waals surface area contributed by atoms with Crippen molar-refractivity contribution >= 4 is 0 Å². The fraction of sp³-hybridized carbons (Fsp3) is 0.625. The van der Waals surface area contributed by atoms with E-state index >= 15 is 0 Å². The minimum Gasteiger partial charge on any atom is -0.317 e. The van der Waals surface area contributed by atoms with Crippen molar-refractivity contribution in [1.29, 1.82) is 0 Å². The summed E-state index contributed by atoms with van der Waals surface area (Å²) in [5.74, 6) is 0.537. The number of rotatable bonds is 4. The maximum absolute atomic E-state index is 14.0. The number of halogens is 2. The molecule has 0 aromatic heterocycles. The van der Waals surface area contributed by atoms with Crippen LogP contribution in [0.25, 0.3) is 0 Å². The molecule has 1 aromatic carbocycles. The zero-order chi connectivity index (χ0) is 13.8. The third-order valence-electron chi connectivity index (χ3n) is 4.27. The van der Waals surface area contributed by atoms with Crippen LogP contribution in [-0.4, -0.2) is 13.1 Å². The SMILES string of the molecule is CCNCC1CCC(C)CC1c1cc(F)ccc1F. The van der Waals surface area contributed by atoms with Gasteiger partial charge in [0.15, 0.2) is 0 Å². The summed E-state index contributed by atoms with van der Waals surface area (Å²) in [6, 6.07) is 3.84. The van der Waals surface area contributed by atoms with Gasteiger partial charge in [-0.1, -0.05) is 20.3 Å². The van der Waals surface area contributed by atoms with E-state index in [4.69, 9.17) is 0 Å². The van der Waals surface area contributed by atoms with Gasteiger partial charge in [0, 0.05) is 0 Å². The predicted molar refractivity (Wildman–Crippen MR) is 74.1 cm³/mol. The fourth-order valence-corrected chi connectivity index (χ4v) is 3.20. The maximum Gasteiger partial charge on any atom is 0.126 e. The Kier molecular flexibility index (Phi) is 4.92. The van der Waals surface area contributed by atoms with Gasteiger partial charge in [0.25, 0.3) is 0 Å². The second-order valence-electron chi connectivity index (χ2n) is 5.76. The molecule has 1 N–H and O–H groups in total. The molecule has 106 valence electrons. The average molecular weight is 267 g/mol. The molecule has 1 aromatic rings. The van der Waals surface area contributed by atoms with E-state index in [0.29, 0.717) is 17.4 Å². The Bertz CT molecular complexity index is 417. The van der Waals surface area contributed by atoms with E-state index in [-0.39, 0.29) is 17.6 Å². The summed E-state index contributed by atoms with van der Waals surface area (Å²) < 4.78 is 27.4. The van der Waals surface area contributed by atoms with Crippen LogP contribution in [0.1, 0.15) is 44.6 Å². The molecule has 1 fully saturated rings. The van der Waals surface area contributed by atoms with Gasteiger partial charge < -0.3 is 5.32 Å². The summed E-state index contributed by atoms with van der Waals surface area (Å²) in [5.41, 5.74) is 0.564. The lowest BCUT2D eigenvalue weighted by Crippen LogP contribution is -2.32. The summed E-state index contributed by atoms with van der Waals surface area (Å²) in [6.45, 7) is 6.09. The minimum absolute atomic E-state index is 0.137. The van der Waals surface area contributed by atoms with Crippen molar-refractivity contribution in [2.75, 3.05) is 13.1 Å². The van der Waals surface area contributed by atoms with E-state index in [1.807, 2.05) is 0 Å². The maximum atomic E-state index is 14.0. The number of benzene rings is 1. The summed E-state index contributed by atoms with van der Waals surface area (Å²) >= 11 is 0. The van der Waals surface area contributed by atoms with Crippen LogP contribution in [-0.2, 0) is 0 Å². The highest BCUT2D eigenvalue weighted by Gasteiger charge is 2.31. The van der Waals surface area contributed by atoms with Crippen LogP contribution in [0.4, 0.5) is 8.78 Å². The number of hydrogen-bond acceptors (Lipinski definition) is 1. The van der Waals surface area contributed by atoms with Gasteiger partial charge >= 0.3 is 0 Å². The molecule has 0 radical (unpaired) electrons. The molecule has 3 unspecified atom stereocenters. The molecule has 1 saturated carbocycles. The van der Waals surface area contributed by atoms with Gasteiger partial charge in [-0.15, -0.1) is 0 Å². The van der Waals surface area contributed by atoms with Crippen molar-refractivity contribution in [3.63, 3.8) is 0 Å². The first-order valence-electron chi connectivity index (χ1n) is 7.27. The third kappa shape index (κ3) is 3.53. The molecule has 1 aliphatic carbocycles. The molecule has 0 aliphatic heterocycles. The Hall–Kier alpha value is -0.960. The van der Waals surface area contributed by atoms with Crippen LogP contribution in [0.5, 0.6) is 0 Å². The number of hydrogen-bond donors (Lipinski definition) is 1. The normalized spacial score (nSPS) is 27.5. The van der Waals surface area contributed by atoms with Crippen molar-refractivity contribution in [2.24, 2.45) is 11.8 Å². The Labute approximate surface area is 114 Å². The van der Waals surface area contributed by atoms with E-state index in [9.17, 15) is 8.78 Å². The Morgan fingerprint density at radius 1 is 1.26 bits per heavy atom. The Balaban J connectivity index is 2.23. The lowest BCUT2D eigenvalue weighted by atomic mass is 9.71. The van der Waals surface area contributed by atoms with Crippen molar-refractivity contribution in [1.82, 2.24) is 5.32 Å². The third-order valence-corrected chi connectivity index (χ3v) is 4.27. The molecular weight excluding hydrogens is 244 g/mol. The zero-order valence-electron chi connectivity index (χ0n) is 11.8. The highest BCUT2D eigenvalue weighted by Crippen LogP contribution is 2.41. The molecule has 3 atom stereocenters. The minimum atomic E-state index is -0.336. The van der Waals surface area contributed by atoms with Crippen molar-refractivity contribution in [3.05, 3.63) is 35.4 Å². The van der Waals surface area contributed by atoms with Gasteiger partial charge in [0.1, 0.15) is 11.6 Å². The standard InChI is InChI=1S/C16H23F2N/c1-3-19-10-12-5-4-11(2)8-14(12)15-9-13(17)6-7-16(15)18/h6-7,9,11-12,14,19H,3-5,8,10H2,1-2H3. The largest absolute Gasteiger partial charge is 0.317 e. The van der Waals surface area contributed by atoms with Crippen LogP contribution in [0.2, 0.25) is 0 Å². The Morgan fingerprint density at radius 2 is 2.05 bits per heavy atom. The molecule has 0 amide bonds. The molecular formula is C16H23F2N. The van der Waals surface area contributed by atoms with Crippen molar-refractivity contribution in [3.8, 4) is 0 Å². The van der Waals surface area contributed by atoms with Crippen LogP contribution in [0.15, 0.2) is 18.2 Å². The number of nitrogens with one attached hydrogen (secondary N) is 1. The molecule has 2 rings (SSSR count). The highest BCUT2D eigenvalue weighted by atomic mass is 19.1. The van der Waals surface area contributed by atoms with E-state index in [1.165, 1.54) is 24.6 Å². The summed E-state index contributed by atoms with van der Waals surface area (Å²) in [5, 5.41) is 3.35. The molecule has 0 saturated heterocycles. The molecule has 3 heteroatoms. The molecule has 1 aliphatic rings. The summed E-state index contributed by atoms with van der Waals surface area (Å²) in [4.78, 5) is 0. The first-order chi connectivity index (χ1) is 9.11. The van der Waals surface area contributed by atoms with Gasteiger partial charge in [-0.25, -0.2) is 8.78 Å². The second-order valence-corrected chi connectivity index (χ2v) is 5.76. The zero-order valence-corrected chi connectivity index (χ0v) is 11.8. The van der Waals surface area contributed by atoms with Gasteiger partial charge in [0.2, 0.25) is 0 Å². The first kappa shape index (κ1) is 14.4. The van der Waals surface area contributed by atoms with Crippen molar-refractivity contribution in [2.45, 2.75) is 39.0 Å². The quantitative estimate of drug-likeness (QED) is 0.866. The molecule has 1 nitrogen and oxygen atoms in total. The molecule has 0 spiro atoms. The van der Waals surface area contributed by atoms with E-state index in [1.54, 1.807) is 0 Å². The highest BCUT2D eigenvalue weighted by molar-refractivity contribution is 5.24. The summed E-state index contributed by atoms with van der Waals surface area (Å²) in [7, 11) is 0. The fourth-order valence-electron chi connectivity index (χ4n) is 3.20. The van der Waals surface area contributed by atoms with Gasteiger partial charge in [0.05, 0.1) is 0 Å². The van der Waals surface area contributed by atoms with Crippen LogP contribution >= 0.6 is 0 Å². The monoisotopic (exact) mass is 267 g/mol. The Morgan fingerprint density at radius 3 is 2.79 bits per heavy atom. The lowest BCUT2D eigenvalue weighted by molar-refractivity contribution is 0.238. The lowest BCUT2D eigenvalue weighted by Gasteiger charge is -2.35. The molecule has 0 bridgehead atoms. The topological polar surface area (TPSA) is 12.0 Å². The smallest absolute Gasteiger partial charge is 0.126 e. The molecule has 19 heavy (non-hydrogen) atoms. The van der Waals surface area contributed by atoms with Crippen molar-refractivity contribution < 1.29 is 8.78 Å². The molecule has 0 heterocycles. The average Bonchev–Trinajstić information content (AvgIpc) is 2.40. The van der Waals surface area contributed by atoms with Crippen LogP contribution < -0.4 is 5.32 Å². The van der Waals surface area contributed by atoms with Gasteiger partial charge in [-0.2, -0.15) is 0 Å². The van der Waals surface area contributed by atoms with Gasteiger partial charge in [-0.3, -0.25) is 0 Å². The van der Waals surface area contributed by atoms with E-state index in [2.05, 4.69) is 19.2 Å². The van der Waals surface area contributed by atoms with Crippen LogP contribution in [0.3, 0.4) is 0 Å². The summed E-state index contributed by atoms with van der Waals surface area (Å²) in [6.07, 6.45) is 3.23. The second kappa shape index (κ2) is 6.47. The predicted octanol–water partition coefficient (Wildman–Crippen LogP) is 4.09.